The minimum Gasteiger partial charge on any atom is -0.480 e. The Morgan fingerprint density at radius 3 is 2.68 bits per heavy atom. The highest BCUT2D eigenvalue weighted by Crippen LogP contribution is 2.33. The van der Waals surface area contributed by atoms with Crippen LogP contribution in [-0.2, 0) is 4.79 Å². The predicted octanol–water partition coefficient (Wildman–Crippen LogP) is 3.07. The molecule has 1 amide bonds. The molecule has 1 aliphatic heterocycles. The van der Waals surface area contributed by atoms with E-state index in [0.717, 1.165) is 0 Å². The van der Waals surface area contributed by atoms with E-state index in [2.05, 4.69) is 0 Å². The predicted molar refractivity (Wildman–Crippen MR) is 72.8 cm³/mol. The Kier molecular flexibility index (Phi) is 3.74. The van der Waals surface area contributed by atoms with Crippen LogP contribution in [0.3, 0.4) is 0 Å². The maximum atomic E-state index is 12.5. The number of benzene rings is 1. The summed E-state index contributed by atoms with van der Waals surface area (Å²) in [4.78, 5) is 25.2. The highest BCUT2D eigenvalue weighted by Gasteiger charge is 2.46. The number of halogens is 2. The number of carbonyl (C=O) groups is 2. The zero-order valence-electron chi connectivity index (χ0n) is 10.3. The summed E-state index contributed by atoms with van der Waals surface area (Å²) < 4.78 is 0. The van der Waals surface area contributed by atoms with Gasteiger partial charge in [0, 0.05) is 6.54 Å². The number of carboxylic acid groups (broad SMARTS) is 1. The van der Waals surface area contributed by atoms with Crippen LogP contribution in [0.1, 0.15) is 30.1 Å². The van der Waals surface area contributed by atoms with Crippen LogP contribution in [0.2, 0.25) is 10.0 Å². The van der Waals surface area contributed by atoms with Crippen molar-refractivity contribution in [2.75, 3.05) is 6.54 Å². The van der Waals surface area contributed by atoms with Gasteiger partial charge in [-0.1, -0.05) is 29.3 Å². The summed E-state index contributed by atoms with van der Waals surface area (Å²) in [5, 5.41) is 9.75. The average Bonchev–Trinajstić information content (AvgIpc) is 2.75. The molecule has 1 unspecified atom stereocenters. The third-order valence-electron chi connectivity index (χ3n) is 3.53. The lowest BCUT2D eigenvalue weighted by Crippen LogP contribution is -2.50. The smallest absolute Gasteiger partial charge is 0.329 e. The number of carbonyl (C=O) groups excluding carboxylic acids is 1. The van der Waals surface area contributed by atoms with Gasteiger partial charge in [-0.05, 0) is 31.9 Å². The fraction of sp³-hybridized carbons (Fsp3) is 0.385. The zero-order valence-corrected chi connectivity index (χ0v) is 11.8. The Morgan fingerprint density at radius 1 is 1.37 bits per heavy atom. The first kappa shape index (κ1) is 14.2. The van der Waals surface area contributed by atoms with Crippen molar-refractivity contribution in [1.82, 2.24) is 4.90 Å². The third-order valence-corrected chi connectivity index (χ3v) is 4.35. The van der Waals surface area contributed by atoms with E-state index in [9.17, 15) is 14.7 Å². The molecule has 1 fully saturated rings. The monoisotopic (exact) mass is 301 g/mol. The van der Waals surface area contributed by atoms with Crippen molar-refractivity contribution >= 4 is 35.1 Å². The molecular formula is C13H13Cl2NO3. The Balaban J connectivity index is 2.39. The first-order valence-corrected chi connectivity index (χ1v) is 6.63. The van der Waals surface area contributed by atoms with Crippen molar-refractivity contribution in [3.05, 3.63) is 33.8 Å². The van der Waals surface area contributed by atoms with Crippen LogP contribution in [0.4, 0.5) is 0 Å². The topological polar surface area (TPSA) is 57.6 Å². The zero-order chi connectivity index (χ0) is 14.2. The molecular weight excluding hydrogens is 289 g/mol. The maximum absolute atomic E-state index is 12.5. The number of hydrogen-bond acceptors (Lipinski definition) is 2. The molecule has 1 aromatic carbocycles. The molecule has 1 aromatic rings. The summed E-state index contributed by atoms with van der Waals surface area (Å²) in [6, 6.07) is 4.76. The van der Waals surface area contributed by atoms with Crippen LogP contribution in [-0.4, -0.2) is 34.0 Å². The fourth-order valence-electron chi connectivity index (χ4n) is 2.33. The van der Waals surface area contributed by atoms with Crippen molar-refractivity contribution < 1.29 is 14.7 Å². The fourth-order valence-corrected chi connectivity index (χ4v) is 2.71. The average molecular weight is 302 g/mol. The van der Waals surface area contributed by atoms with Gasteiger partial charge in [0.25, 0.3) is 5.91 Å². The number of carboxylic acids is 1. The van der Waals surface area contributed by atoms with Crippen molar-refractivity contribution in [2.24, 2.45) is 0 Å². The summed E-state index contributed by atoms with van der Waals surface area (Å²) in [5.74, 6) is -1.40. The van der Waals surface area contributed by atoms with Gasteiger partial charge < -0.3 is 10.0 Å². The Labute approximate surface area is 120 Å². The second-order valence-electron chi connectivity index (χ2n) is 4.74. The molecule has 0 radical (unpaired) electrons. The molecule has 0 aliphatic carbocycles. The number of aliphatic carboxylic acids is 1. The van der Waals surface area contributed by atoms with E-state index in [0.29, 0.717) is 19.4 Å². The second-order valence-corrected chi connectivity index (χ2v) is 5.53. The molecule has 1 saturated heterocycles. The summed E-state index contributed by atoms with van der Waals surface area (Å²) in [7, 11) is 0. The van der Waals surface area contributed by atoms with E-state index in [1.165, 1.54) is 4.90 Å². The summed E-state index contributed by atoms with van der Waals surface area (Å²) in [6.07, 6.45) is 1.10. The van der Waals surface area contributed by atoms with Crippen LogP contribution in [0.15, 0.2) is 18.2 Å². The molecule has 0 spiro atoms. The number of likely N-dealkylation sites (tertiary alicyclic amines) is 1. The minimum atomic E-state index is -1.18. The van der Waals surface area contributed by atoms with Crippen molar-refractivity contribution in [3.63, 3.8) is 0 Å². The van der Waals surface area contributed by atoms with Crippen molar-refractivity contribution in [2.45, 2.75) is 25.3 Å². The molecule has 1 N–H and O–H groups in total. The van der Waals surface area contributed by atoms with Gasteiger partial charge in [0.2, 0.25) is 0 Å². The SMILES string of the molecule is CC1(C(=O)O)CCCN1C(=O)c1cccc(Cl)c1Cl. The summed E-state index contributed by atoms with van der Waals surface area (Å²) >= 11 is 11.9. The standard InChI is InChI=1S/C13H13Cl2NO3/c1-13(12(18)19)6-3-7-16(13)11(17)8-4-2-5-9(14)10(8)15/h2,4-5H,3,6-7H2,1H3,(H,18,19). The van der Waals surface area contributed by atoms with Crippen LogP contribution in [0.5, 0.6) is 0 Å². The quantitative estimate of drug-likeness (QED) is 0.913. The summed E-state index contributed by atoms with van der Waals surface area (Å²) in [6.45, 7) is 1.96. The van der Waals surface area contributed by atoms with E-state index in [1.54, 1.807) is 25.1 Å². The lowest BCUT2D eigenvalue weighted by molar-refractivity contribution is -0.147. The lowest BCUT2D eigenvalue weighted by Gasteiger charge is -2.31. The molecule has 0 bridgehead atoms. The van der Waals surface area contributed by atoms with E-state index in [-0.39, 0.29) is 15.6 Å². The van der Waals surface area contributed by atoms with E-state index in [4.69, 9.17) is 23.2 Å². The van der Waals surface area contributed by atoms with E-state index >= 15 is 0 Å². The Morgan fingerprint density at radius 2 is 2.05 bits per heavy atom. The van der Waals surface area contributed by atoms with Crippen LogP contribution in [0, 0.1) is 0 Å². The lowest BCUT2D eigenvalue weighted by atomic mass is 9.98. The number of amides is 1. The first-order chi connectivity index (χ1) is 8.88. The number of nitrogens with zero attached hydrogens (tertiary/aromatic N) is 1. The van der Waals surface area contributed by atoms with Gasteiger partial charge in [-0.3, -0.25) is 4.79 Å². The highest BCUT2D eigenvalue weighted by atomic mass is 35.5. The number of rotatable bonds is 2. The van der Waals surface area contributed by atoms with Gasteiger partial charge in [0.05, 0.1) is 15.6 Å². The number of hydrogen-bond donors (Lipinski definition) is 1. The van der Waals surface area contributed by atoms with Crippen molar-refractivity contribution in [3.8, 4) is 0 Å². The molecule has 1 heterocycles. The second kappa shape index (κ2) is 5.02. The molecule has 1 aliphatic rings. The Bertz CT molecular complexity index is 547. The first-order valence-electron chi connectivity index (χ1n) is 5.87. The van der Waals surface area contributed by atoms with Gasteiger partial charge in [-0.2, -0.15) is 0 Å². The maximum Gasteiger partial charge on any atom is 0.329 e. The summed E-state index contributed by atoms with van der Waals surface area (Å²) in [5.41, 5.74) is -0.938. The molecule has 6 heteroatoms. The molecule has 0 aromatic heterocycles. The molecule has 2 rings (SSSR count). The normalized spacial score (nSPS) is 22.6. The largest absolute Gasteiger partial charge is 0.480 e. The van der Waals surface area contributed by atoms with E-state index in [1.807, 2.05) is 0 Å². The van der Waals surface area contributed by atoms with Gasteiger partial charge in [0.15, 0.2) is 0 Å². The van der Waals surface area contributed by atoms with Crippen LogP contribution < -0.4 is 0 Å². The Hall–Kier alpha value is -1.26. The third kappa shape index (κ3) is 2.30. The van der Waals surface area contributed by atoms with Gasteiger partial charge in [0.1, 0.15) is 5.54 Å². The molecule has 102 valence electrons. The highest BCUT2D eigenvalue weighted by molar-refractivity contribution is 6.43. The van der Waals surface area contributed by atoms with Crippen molar-refractivity contribution in [1.29, 1.82) is 0 Å². The molecule has 4 nitrogen and oxygen atoms in total. The van der Waals surface area contributed by atoms with Crippen LogP contribution >= 0.6 is 23.2 Å². The van der Waals surface area contributed by atoms with E-state index < -0.39 is 17.4 Å². The van der Waals surface area contributed by atoms with Crippen LogP contribution in [0.25, 0.3) is 0 Å². The molecule has 1 atom stereocenters. The minimum absolute atomic E-state index is 0.161. The molecule has 0 saturated carbocycles. The van der Waals surface area contributed by atoms with Gasteiger partial charge in [-0.25, -0.2) is 4.79 Å². The van der Waals surface area contributed by atoms with Gasteiger partial charge >= 0.3 is 5.97 Å². The molecule has 19 heavy (non-hydrogen) atoms. The van der Waals surface area contributed by atoms with Gasteiger partial charge in [-0.15, -0.1) is 0 Å².